The second-order valence-corrected chi connectivity index (χ2v) is 9.52. The van der Waals surface area contributed by atoms with Gasteiger partial charge in [0.15, 0.2) is 23.0 Å². The summed E-state index contributed by atoms with van der Waals surface area (Å²) in [7, 11) is 6.64. The molecule has 34 heavy (non-hydrogen) atoms. The number of ether oxygens (including phenoxy) is 4. The number of rotatable bonds is 12. The van der Waals surface area contributed by atoms with Crippen molar-refractivity contribution in [1.29, 1.82) is 0 Å². The standard InChI is InChI=1S/C28H41NO5/c1-19(2)27-22-18-26(34-6)25(33-5)17-21(22)11-12-28(27,30)13-15-29-14-7-8-20-9-10-23(31-3)24(16-20)32-4/h9-10,16-19,27,29-30H,7-8,11-15H2,1-6H3. The van der Waals surface area contributed by atoms with Gasteiger partial charge in [-0.3, -0.25) is 0 Å². The second-order valence-electron chi connectivity index (χ2n) is 9.52. The Balaban J connectivity index is 1.57. The number of hydrogen-bond acceptors (Lipinski definition) is 6. The van der Waals surface area contributed by atoms with Gasteiger partial charge < -0.3 is 29.4 Å². The highest BCUT2D eigenvalue weighted by Crippen LogP contribution is 2.48. The molecule has 2 unspecified atom stereocenters. The lowest BCUT2D eigenvalue weighted by Crippen LogP contribution is -2.45. The first-order valence-electron chi connectivity index (χ1n) is 12.3. The molecule has 188 valence electrons. The van der Waals surface area contributed by atoms with Gasteiger partial charge in [-0.1, -0.05) is 19.9 Å². The lowest BCUT2D eigenvalue weighted by molar-refractivity contribution is -0.0241. The van der Waals surface area contributed by atoms with Crippen molar-refractivity contribution in [3.8, 4) is 23.0 Å². The van der Waals surface area contributed by atoms with Gasteiger partial charge in [0.2, 0.25) is 0 Å². The van der Waals surface area contributed by atoms with E-state index < -0.39 is 5.60 Å². The smallest absolute Gasteiger partial charge is 0.161 e. The molecule has 0 bridgehead atoms. The summed E-state index contributed by atoms with van der Waals surface area (Å²) in [5, 5.41) is 15.3. The Kier molecular flexibility index (Phi) is 9.09. The number of aryl methyl sites for hydroxylation is 2. The first-order valence-corrected chi connectivity index (χ1v) is 12.3. The average Bonchev–Trinajstić information content (AvgIpc) is 2.84. The van der Waals surface area contributed by atoms with Gasteiger partial charge in [-0.25, -0.2) is 0 Å². The van der Waals surface area contributed by atoms with E-state index in [1.807, 2.05) is 12.1 Å². The van der Waals surface area contributed by atoms with E-state index in [-0.39, 0.29) is 5.92 Å². The summed E-state index contributed by atoms with van der Waals surface area (Å²) >= 11 is 0. The fourth-order valence-corrected chi connectivity index (χ4v) is 5.38. The molecule has 0 heterocycles. The van der Waals surface area contributed by atoms with Crippen molar-refractivity contribution < 1.29 is 24.1 Å². The maximum absolute atomic E-state index is 11.7. The fourth-order valence-electron chi connectivity index (χ4n) is 5.38. The van der Waals surface area contributed by atoms with Crippen molar-refractivity contribution in [2.75, 3.05) is 41.5 Å². The summed E-state index contributed by atoms with van der Waals surface area (Å²) in [5.41, 5.74) is 2.93. The van der Waals surface area contributed by atoms with E-state index in [1.165, 1.54) is 16.7 Å². The molecule has 0 aliphatic heterocycles. The van der Waals surface area contributed by atoms with Crippen LogP contribution in [0.3, 0.4) is 0 Å². The van der Waals surface area contributed by atoms with Crippen molar-refractivity contribution in [2.24, 2.45) is 5.92 Å². The molecule has 0 spiro atoms. The molecule has 0 saturated heterocycles. The van der Waals surface area contributed by atoms with Crippen LogP contribution in [0.25, 0.3) is 0 Å². The van der Waals surface area contributed by atoms with Gasteiger partial charge in [-0.15, -0.1) is 0 Å². The molecule has 2 aromatic carbocycles. The van der Waals surface area contributed by atoms with E-state index in [0.717, 1.165) is 68.2 Å². The highest BCUT2D eigenvalue weighted by molar-refractivity contribution is 5.50. The van der Waals surface area contributed by atoms with Crippen LogP contribution in [0.4, 0.5) is 0 Å². The summed E-state index contributed by atoms with van der Waals surface area (Å²) in [6.45, 7) is 6.07. The first-order chi connectivity index (χ1) is 16.4. The Morgan fingerprint density at radius 2 is 1.56 bits per heavy atom. The van der Waals surface area contributed by atoms with E-state index in [0.29, 0.717) is 5.92 Å². The summed E-state index contributed by atoms with van der Waals surface area (Å²) in [5.74, 6) is 3.37. The van der Waals surface area contributed by atoms with E-state index in [4.69, 9.17) is 18.9 Å². The van der Waals surface area contributed by atoms with Gasteiger partial charge in [0.25, 0.3) is 0 Å². The number of nitrogens with one attached hydrogen (secondary N) is 1. The fraction of sp³-hybridized carbons (Fsp3) is 0.571. The number of benzene rings is 2. The quantitative estimate of drug-likeness (QED) is 0.436. The van der Waals surface area contributed by atoms with Crippen molar-refractivity contribution in [3.63, 3.8) is 0 Å². The predicted molar refractivity (Wildman–Crippen MR) is 136 cm³/mol. The van der Waals surface area contributed by atoms with Gasteiger partial charge in [0.1, 0.15) is 0 Å². The zero-order valence-electron chi connectivity index (χ0n) is 21.6. The van der Waals surface area contributed by atoms with Crippen LogP contribution >= 0.6 is 0 Å². The molecule has 6 heteroatoms. The topological polar surface area (TPSA) is 69.2 Å². The Labute approximate surface area is 204 Å². The lowest BCUT2D eigenvalue weighted by Gasteiger charge is -2.44. The minimum atomic E-state index is -0.739. The summed E-state index contributed by atoms with van der Waals surface area (Å²) in [4.78, 5) is 0. The van der Waals surface area contributed by atoms with Crippen LogP contribution in [-0.2, 0) is 12.8 Å². The molecule has 0 amide bonds. The van der Waals surface area contributed by atoms with Crippen LogP contribution in [0.15, 0.2) is 30.3 Å². The third-order valence-electron chi connectivity index (χ3n) is 7.05. The molecule has 0 saturated carbocycles. The molecule has 2 atom stereocenters. The molecule has 0 fully saturated rings. The molecular formula is C28H41NO5. The molecule has 1 aliphatic carbocycles. The minimum absolute atomic E-state index is 0.0598. The maximum Gasteiger partial charge on any atom is 0.161 e. The maximum atomic E-state index is 11.7. The lowest BCUT2D eigenvalue weighted by atomic mass is 9.66. The third-order valence-corrected chi connectivity index (χ3v) is 7.05. The van der Waals surface area contributed by atoms with E-state index in [1.54, 1.807) is 28.4 Å². The van der Waals surface area contributed by atoms with E-state index in [2.05, 4.69) is 37.4 Å². The number of hydrogen-bond donors (Lipinski definition) is 2. The minimum Gasteiger partial charge on any atom is -0.493 e. The van der Waals surface area contributed by atoms with Gasteiger partial charge in [-0.05, 0) is 92.1 Å². The van der Waals surface area contributed by atoms with Crippen LogP contribution in [0.1, 0.15) is 55.7 Å². The Morgan fingerprint density at radius 3 is 2.21 bits per heavy atom. The van der Waals surface area contributed by atoms with Crippen molar-refractivity contribution in [2.45, 2.75) is 57.5 Å². The molecule has 2 N–H and O–H groups in total. The summed E-state index contributed by atoms with van der Waals surface area (Å²) in [6, 6.07) is 10.2. The summed E-state index contributed by atoms with van der Waals surface area (Å²) in [6.07, 6.45) is 4.29. The van der Waals surface area contributed by atoms with Crippen LogP contribution in [0, 0.1) is 5.92 Å². The van der Waals surface area contributed by atoms with Crippen molar-refractivity contribution in [3.05, 3.63) is 47.0 Å². The van der Waals surface area contributed by atoms with Crippen LogP contribution in [0.5, 0.6) is 23.0 Å². The summed E-state index contributed by atoms with van der Waals surface area (Å²) < 4.78 is 21.8. The van der Waals surface area contributed by atoms with Gasteiger partial charge in [-0.2, -0.15) is 0 Å². The first kappa shape index (κ1) is 26.2. The molecule has 1 aliphatic rings. The molecule has 0 radical (unpaired) electrons. The van der Waals surface area contributed by atoms with Gasteiger partial charge in [0, 0.05) is 5.92 Å². The molecule has 2 aromatic rings. The SMILES string of the molecule is COc1ccc(CCCNCCC2(O)CCc3cc(OC)c(OC)cc3C2C(C)C)cc1OC. The normalized spacial score (nSPS) is 19.6. The monoisotopic (exact) mass is 471 g/mol. The molecule has 6 nitrogen and oxygen atoms in total. The van der Waals surface area contributed by atoms with Crippen LogP contribution < -0.4 is 24.3 Å². The largest absolute Gasteiger partial charge is 0.493 e. The number of aliphatic hydroxyl groups is 1. The highest BCUT2D eigenvalue weighted by Gasteiger charge is 2.43. The molecule has 0 aromatic heterocycles. The van der Waals surface area contributed by atoms with Crippen molar-refractivity contribution in [1.82, 2.24) is 5.32 Å². The predicted octanol–water partition coefficient (Wildman–Crippen LogP) is 4.75. The average molecular weight is 472 g/mol. The van der Waals surface area contributed by atoms with E-state index in [9.17, 15) is 5.11 Å². The highest BCUT2D eigenvalue weighted by atomic mass is 16.5. The second kappa shape index (κ2) is 11.8. The third kappa shape index (κ3) is 5.78. The Morgan fingerprint density at radius 1 is 0.912 bits per heavy atom. The van der Waals surface area contributed by atoms with E-state index >= 15 is 0 Å². The zero-order chi connectivity index (χ0) is 24.7. The number of methoxy groups -OCH3 is 4. The number of fused-ring (bicyclic) bond motifs is 1. The Hall–Kier alpha value is -2.44. The van der Waals surface area contributed by atoms with Crippen LogP contribution in [-0.4, -0.2) is 52.2 Å². The van der Waals surface area contributed by atoms with Gasteiger partial charge >= 0.3 is 0 Å². The van der Waals surface area contributed by atoms with Crippen molar-refractivity contribution >= 4 is 0 Å². The van der Waals surface area contributed by atoms with Crippen LogP contribution in [0.2, 0.25) is 0 Å². The molecular weight excluding hydrogens is 430 g/mol. The Bertz CT molecular complexity index is 945. The van der Waals surface area contributed by atoms with Gasteiger partial charge in [0.05, 0.1) is 34.0 Å². The zero-order valence-corrected chi connectivity index (χ0v) is 21.6. The molecule has 3 rings (SSSR count).